The van der Waals surface area contributed by atoms with Crippen molar-refractivity contribution in [2.75, 3.05) is 0 Å². The van der Waals surface area contributed by atoms with Crippen LogP contribution in [0, 0.1) is 0 Å². The van der Waals surface area contributed by atoms with E-state index in [0.717, 1.165) is 24.2 Å². The van der Waals surface area contributed by atoms with Gasteiger partial charge in [-0.05, 0) is 31.0 Å². The molecular formula is C12H19NO. The molecule has 0 aliphatic heterocycles. The van der Waals surface area contributed by atoms with E-state index in [0.29, 0.717) is 12.6 Å². The van der Waals surface area contributed by atoms with Crippen LogP contribution >= 0.6 is 0 Å². The van der Waals surface area contributed by atoms with E-state index in [4.69, 9.17) is 10.5 Å². The SMILES string of the molecule is CCCC(C)Oc1ccc(CN)cc1. The van der Waals surface area contributed by atoms with Crippen LogP contribution in [0.25, 0.3) is 0 Å². The maximum Gasteiger partial charge on any atom is 0.119 e. The average molecular weight is 193 g/mol. The molecule has 0 spiro atoms. The molecule has 0 aromatic heterocycles. The Hall–Kier alpha value is -1.02. The third-order valence-electron chi connectivity index (χ3n) is 2.19. The lowest BCUT2D eigenvalue weighted by molar-refractivity contribution is 0.210. The molecular weight excluding hydrogens is 174 g/mol. The maximum absolute atomic E-state index is 5.71. The van der Waals surface area contributed by atoms with Gasteiger partial charge in [-0.1, -0.05) is 25.5 Å². The number of hydrogen-bond acceptors (Lipinski definition) is 2. The lowest BCUT2D eigenvalue weighted by Gasteiger charge is -2.13. The van der Waals surface area contributed by atoms with Crippen molar-refractivity contribution in [2.24, 2.45) is 5.73 Å². The highest BCUT2D eigenvalue weighted by Gasteiger charge is 2.01. The van der Waals surface area contributed by atoms with Crippen LogP contribution in [0.2, 0.25) is 0 Å². The molecule has 1 atom stereocenters. The molecule has 0 heterocycles. The van der Waals surface area contributed by atoms with Gasteiger partial charge in [0, 0.05) is 6.54 Å². The Morgan fingerprint density at radius 1 is 1.29 bits per heavy atom. The average Bonchev–Trinajstić information content (AvgIpc) is 2.19. The summed E-state index contributed by atoms with van der Waals surface area (Å²) < 4.78 is 5.71. The van der Waals surface area contributed by atoms with E-state index in [-0.39, 0.29) is 0 Å². The summed E-state index contributed by atoms with van der Waals surface area (Å²) in [7, 11) is 0. The fourth-order valence-corrected chi connectivity index (χ4v) is 1.40. The summed E-state index contributed by atoms with van der Waals surface area (Å²) in [6, 6.07) is 7.98. The lowest BCUT2D eigenvalue weighted by Crippen LogP contribution is -2.10. The van der Waals surface area contributed by atoms with Crippen molar-refractivity contribution in [3.63, 3.8) is 0 Å². The molecule has 0 aliphatic rings. The molecule has 0 amide bonds. The molecule has 2 nitrogen and oxygen atoms in total. The largest absolute Gasteiger partial charge is 0.491 e. The zero-order valence-corrected chi connectivity index (χ0v) is 8.99. The van der Waals surface area contributed by atoms with Gasteiger partial charge in [0.15, 0.2) is 0 Å². The lowest BCUT2D eigenvalue weighted by atomic mass is 10.2. The van der Waals surface area contributed by atoms with E-state index in [2.05, 4.69) is 13.8 Å². The standard InChI is InChI=1S/C12H19NO/c1-3-4-10(2)14-12-7-5-11(9-13)6-8-12/h5-8,10H,3-4,9,13H2,1-2H3. The summed E-state index contributed by atoms with van der Waals surface area (Å²) in [6.07, 6.45) is 2.55. The summed E-state index contributed by atoms with van der Waals surface area (Å²) in [5.74, 6) is 0.933. The van der Waals surface area contributed by atoms with Crippen LogP contribution in [0.3, 0.4) is 0 Å². The predicted molar refractivity (Wildman–Crippen MR) is 59.3 cm³/mol. The maximum atomic E-state index is 5.71. The molecule has 78 valence electrons. The van der Waals surface area contributed by atoms with Crippen LogP contribution in [0.5, 0.6) is 5.75 Å². The Morgan fingerprint density at radius 3 is 2.43 bits per heavy atom. The van der Waals surface area contributed by atoms with E-state index >= 15 is 0 Å². The van der Waals surface area contributed by atoms with Crippen molar-refractivity contribution in [3.8, 4) is 5.75 Å². The van der Waals surface area contributed by atoms with Crippen LogP contribution < -0.4 is 10.5 Å². The fraction of sp³-hybridized carbons (Fsp3) is 0.500. The topological polar surface area (TPSA) is 35.2 Å². The second-order valence-corrected chi connectivity index (χ2v) is 3.57. The van der Waals surface area contributed by atoms with Gasteiger partial charge < -0.3 is 10.5 Å². The number of ether oxygens (including phenoxy) is 1. The zero-order chi connectivity index (χ0) is 10.4. The molecule has 0 radical (unpaired) electrons. The summed E-state index contributed by atoms with van der Waals surface area (Å²) in [5, 5.41) is 0. The van der Waals surface area contributed by atoms with Crippen molar-refractivity contribution in [1.29, 1.82) is 0 Å². The van der Waals surface area contributed by atoms with Gasteiger partial charge in [-0.3, -0.25) is 0 Å². The predicted octanol–water partition coefficient (Wildman–Crippen LogP) is 2.71. The normalized spacial score (nSPS) is 12.5. The highest BCUT2D eigenvalue weighted by Crippen LogP contribution is 2.15. The quantitative estimate of drug-likeness (QED) is 0.780. The van der Waals surface area contributed by atoms with Gasteiger partial charge in [-0.25, -0.2) is 0 Å². The monoisotopic (exact) mass is 193 g/mol. The van der Waals surface area contributed by atoms with Crippen molar-refractivity contribution < 1.29 is 4.74 Å². The molecule has 0 bridgehead atoms. The highest BCUT2D eigenvalue weighted by molar-refractivity contribution is 5.27. The molecule has 2 N–H and O–H groups in total. The van der Waals surface area contributed by atoms with Crippen LogP contribution in [-0.4, -0.2) is 6.10 Å². The van der Waals surface area contributed by atoms with Gasteiger partial charge in [0.05, 0.1) is 6.10 Å². The summed E-state index contributed by atoms with van der Waals surface area (Å²) in [6.45, 7) is 4.85. The Kier molecular flexibility index (Phi) is 4.47. The molecule has 0 fully saturated rings. The van der Waals surface area contributed by atoms with Crippen molar-refractivity contribution in [2.45, 2.75) is 39.3 Å². The second-order valence-electron chi connectivity index (χ2n) is 3.57. The Labute approximate surface area is 86.1 Å². The van der Waals surface area contributed by atoms with E-state index in [1.54, 1.807) is 0 Å². The summed E-state index contributed by atoms with van der Waals surface area (Å²) >= 11 is 0. The minimum Gasteiger partial charge on any atom is -0.491 e. The summed E-state index contributed by atoms with van der Waals surface area (Å²) in [5.41, 5.74) is 6.65. The van der Waals surface area contributed by atoms with Gasteiger partial charge in [-0.15, -0.1) is 0 Å². The van der Waals surface area contributed by atoms with Gasteiger partial charge in [0.1, 0.15) is 5.75 Å². The minimum atomic E-state index is 0.295. The first-order valence-corrected chi connectivity index (χ1v) is 5.22. The number of nitrogens with two attached hydrogens (primary N) is 1. The molecule has 1 aromatic rings. The third kappa shape index (κ3) is 3.38. The van der Waals surface area contributed by atoms with Gasteiger partial charge in [0.25, 0.3) is 0 Å². The van der Waals surface area contributed by atoms with E-state index in [1.807, 2.05) is 24.3 Å². The van der Waals surface area contributed by atoms with E-state index in [9.17, 15) is 0 Å². The van der Waals surface area contributed by atoms with Gasteiger partial charge in [0.2, 0.25) is 0 Å². The number of hydrogen-bond donors (Lipinski definition) is 1. The van der Waals surface area contributed by atoms with Crippen LogP contribution in [0.1, 0.15) is 32.3 Å². The van der Waals surface area contributed by atoms with E-state index in [1.165, 1.54) is 0 Å². The van der Waals surface area contributed by atoms with E-state index < -0.39 is 0 Å². The van der Waals surface area contributed by atoms with Crippen LogP contribution in [-0.2, 0) is 6.54 Å². The first-order chi connectivity index (χ1) is 6.76. The first-order valence-electron chi connectivity index (χ1n) is 5.22. The Bertz CT molecular complexity index is 256. The molecule has 0 saturated carbocycles. The Balaban J connectivity index is 2.50. The first kappa shape index (κ1) is 11.1. The van der Waals surface area contributed by atoms with Crippen molar-refractivity contribution >= 4 is 0 Å². The molecule has 1 unspecified atom stereocenters. The van der Waals surface area contributed by atoms with Gasteiger partial charge >= 0.3 is 0 Å². The molecule has 2 heteroatoms. The zero-order valence-electron chi connectivity index (χ0n) is 8.99. The highest BCUT2D eigenvalue weighted by atomic mass is 16.5. The number of rotatable bonds is 5. The third-order valence-corrected chi connectivity index (χ3v) is 2.19. The van der Waals surface area contributed by atoms with Crippen LogP contribution in [0.4, 0.5) is 0 Å². The molecule has 0 saturated heterocycles. The molecule has 1 aromatic carbocycles. The van der Waals surface area contributed by atoms with Crippen LogP contribution in [0.15, 0.2) is 24.3 Å². The fourth-order valence-electron chi connectivity index (χ4n) is 1.40. The molecule has 14 heavy (non-hydrogen) atoms. The smallest absolute Gasteiger partial charge is 0.119 e. The number of benzene rings is 1. The summed E-state index contributed by atoms with van der Waals surface area (Å²) in [4.78, 5) is 0. The Morgan fingerprint density at radius 2 is 1.93 bits per heavy atom. The van der Waals surface area contributed by atoms with Crippen molar-refractivity contribution in [1.82, 2.24) is 0 Å². The van der Waals surface area contributed by atoms with Crippen molar-refractivity contribution in [3.05, 3.63) is 29.8 Å². The molecule has 0 aliphatic carbocycles. The minimum absolute atomic E-state index is 0.295. The second kappa shape index (κ2) is 5.66. The van der Waals surface area contributed by atoms with Gasteiger partial charge in [-0.2, -0.15) is 0 Å². The molecule has 1 rings (SSSR count).